The summed E-state index contributed by atoms with van der Waals surface area (Å²) < 4.78 is 6.97. The molecule has 0 aromatic heterocycles. The summed E-state index contributed by atoms with van der Waals surface area (Å²) in [7, 11) is -2.72. The Morgan fingerprint density at radius 1 is 1.07 bits per heavy atom. The Balaban J connectivity index is 2.08. The first-order valence-electron chi connectivity index (χ1n) is 9.69. The molecule has 3 rings (SSSR count). The van der Waals surface area contributed by atoms with E-state index >= 15 is 0 Å². The molecule has 5 nitrogen and oxygen atoms in total. The van der Waals surface area contributed by atoms with Crippen LogP contribution in [0.25, 0.3) is 0 Å². The Morgan fingerprint density at radius 3 is 1.93 bits per heavy atom. The number of hydrogen-bond acceptors (Lipinski definition) is 3. The first-order chi connectivity index (χ1) is 13.3. The number of carboxylic acid groups (broad SMARTS) is 1. The molecule has 1 fully saturated rings. The molecule has 1 aliphatic rings. The van der Waals surface area contributed by atoms with E-state index in [1.54, 1.807) is 0 Å². The van der Waals surface area contributed by atoms with Gasteiger partial charge in [0.1, 0.15) is 0 Å². The van der Waals surface area contributed by atoms with Crippen molar-refractivity contribution in [2.24, 2.45) is 0 Å². The van der Waals surface area contributed by atoms with Gasteiger partial charge in [0.05, 0.1) is 18.8 Å². The van der Waals surface area contributed by atoms with Crippen molar-refractivity contribution in [3.8, 4) is 0 Å². The van der Waals surface area contributed by atoms with Gasteiger partial charge in [-0.05, 0) is 21.8 Å². The molecule has 0 saturated carbocycles. The molecule has 0 aliphatic carbocycles. The molecule has 28 heavy (non-hydrogen) atoms. The average molecular weight is 400 g/mol. The van der Waals surface area contributed by atoms with Crippen molar-refractivity contribution in [1.82, 2.24) is 4.90 Å². The van der Waals surface area contributed by atoms with Gasteiger partial charge in [-0.3, -0.25) is 0 Å². The largest absolute Gasteiger partial charge is 0.465 e. The maximum Gasteiger partial charge on any atom is 0.407 e. The molecule has 6 heteroatoms. The van der Waals surface area contributed by atoms with Crippen LogP contribution < -0.4 is 10.4 Å². The summed E-state index contributed by atoms with van der Waals surface area (Å²) in [5, 5.41) is 21.3. The Bertz CT molecular complexity index is 752. The lowest BCUT2D eigenvalue weighted by Crippen LogP contribution is -2.67. The summed E-state index contributed by atoms with van der Waals surface area (Å²) in [6.07, 6.45) is -0.750. The zero-order chi connectivity index (χ0) is 20.4. The van der Waals surface area contributed by atoms with Gasteiger partial charge in [-0.2, -0.15) is 0 Å². The van der Waals surface area contributed by atoms with E-state index in [1.165, 1.54) is 15.3 Å². The highest BCUT2D eigenvalue weighted by molar-refractivity contribution is 6.99. The molecule has 1 saturated heterocycles. The summed E-state index contributed by atoms with van der Waals surface area (Å²) in [6.45, 7) is 6.70. The number of benzene rings is 2. The Morgan fingerprint density at radius 2 is 1.57 bits per heavy atom. The van der Waals surface area contributed by atoms with E-state index in [-0.39, 0.29) is 24.3 Å². The van der Waals surface area contributed by atoms with E-state index in [0.29, 0.717) is 6.42 Å². The molecule has 1 heterocycles. The van der Waals surface area contributed by atoms with Crippen molar-refractivity contribution >= 4 is 24.8 Å². The van der Waals surface area contributed by atoms with Gasteiger partial charge in [0.2, 0.25) is 0 Å². The van der Waals surface area contributed by atoms with Crippen LogP contribution in [0.3, 0.4) is 0 Å². The summed E-state index contributed by atoms with van der Waals surface area (Å²) in [6, 6.07) is 20.2. The Hall–Kier alpha value is -2.15. The van der Waals surface area contributed by atoms with E-state index in [0.717, 1.165) is 0 Å². The average Bonchev–Trinajstić information content (AvgIpc) is 3.10. The molecule has 1 aliphatic heterocycles. The van der Waals surface area contributed by atoms with Crippen molar-refractivity contribution in [1.29, 1.82) is 0 Å². The van der Waals surface area contributed by atoms with Gasteiger partial charge in [-0.25, -0.2) is 4.79 Å². The number of aliphatic hydroxyl groups is 1. The third-order valence-electron chi connectivity index (χ3n) is 5.59. The number of carbonyl (C=O) groups is 1. The molecule has 0 unspecified atom stereocenters. The maximum atomic E-state index is 11.6. The fraction of sp³-hybridized carbons (Fsp3) is 0.409. The van der Waals surface area contributed by atoms with Gasteiger partial charge >= 0.3 is 6.09 Å². The lowest BCUT2D eigenvalue weighted by atomic mass is 10.2. The van der Waals surface area contributed by atoms with Gasteiger partial charge in [-0.1, -0.05) is 81.4 Å². The third-order valence-corrected chi connectivity index (χ3v) is 10.7. The highest BCUT2D eigenvalue weighted by atomic mass is 28.4. The van der Waals surface area contributed by atoms with Crippen LogP contribution in [0.2, 0.25) is 5.04 Å². The lowest BCUT2D eigenvalue weighted by molar-refractivity contribution is 0.116. The quantitative estimate of drug-likeness (QED) is 0.759. The smallest absolute Gasteiger partial charge is 0.407 e. The summed E-state index contributed by atoms with van der Waals surface area (Å²) >= 11 is 0. The summed E-state index contributed by atoms with van der Waals surface area (Å²) in [5.41, 5.74) is 0. The summed E-state index contributed by atoms with van der Waals surface area (Å²) in [4.78, 5) is 12.9. The molecule has 1 amide bonds. The predicted octanol–water partition coefficient (Wildman–Crippen LogP) is 2.68. The maximum absolute atomic E-state index is 11.6. The normalized spacial score (nSPS) is 20.4. The SMILES string of the molecule is CC(C)(C)[Si](O[C@H]1C[C@@H](CO)N(C(=O)O)C1)(c1ccccc1)c1ccccc1. The van der Waals surface area contributed by atoms with Gasteiger partial charge in [0.25, 0.3) is 8.32 Å². The number of hydrogen-bond donors (Lipinski definition) is 2. The predicted molar refractivity (Wildman–Crippen MR) is 113 cm³/mol. The fourth-order valence-electron chi connectivity index (χ4n) is 4.31. The molecule has 0 bridgehead atoms. The van der Waals surface area contributed by atoms with Crippen molar-refractivity contribution in [3.63, 3.8) is 0 Å². The molecular formula is C22H29NO4Si. The number of nitrogens with zero attached hydrogens (tertiary/aromatic N) is 1. The minimum Gasteiger partial charge on any atom is -0.465 e. The minimum atomic E-state index is -2.72. The molecular weight excluding hydrogens is 370 g/mol. The van der Waals surface area contributed by atoms with E-state index in [2.05, 4.69) is 45.0 Å². The van der Waals surface area contributed by atoms with Crippen molar-refractivity contribution in [3.05, 3.63) is 60.7 Å². The van der Waals surface area contributed by atoms with Crippen molar-refractivity contribution in [2.75, 3.05) is 13.2 Å². The Kier molecular flexibility index (Phi) is 5.93. The van der Waals surface area contributed by atoms with Crippen molar-refractivity contribution in [2.45, 2.75) is 44.4 Å². The highest BCUT2D eigenvalue weighted by Gasteiger charge is 2.52. The molecule has 2 aromatic rings. The molecule has 2 aromatic carbocycles. The van der Waals surface area contributed by atoms with E-state index in [4.69, 9.17) is 4.43 Å². The zero-order valence-corrected chi connectivity index (χ0v) is 17.7. The first kappa shape index (κ1) is 20.6. The van der Waals surface area contributed by atoms with Crippen molar-refractivity contribution < 1.29 is 19.4 Å². The van der Waals surface area contributed by atoms with Crippen LogP contribution in [-0.4, -0.2) is 54.8 Å². The molecule has 0 spiro atoms. The second kappa shape index (κ2) is 8.07. The molecule has 150 valence electrons. The van der Waals surface area contributed by atoms with E-state index in [1.807, 2.05) is 36.4 Å². The number of rotatable bonds is 5. The fourth-order valence-corrected chi connectivity index (χ4v) is 8.99. The van der Waals surface area contributed by atoms with Crippen LogP contribution in [0.5, 0.6) is 0 Å². The summed E-state index contributed by atoms with van der Waals surface area (Å²) in [5.74, 6) is 0. The van der Waals surface area contributed by atoms with Crippen LogP contribution in [0.4, 0.5) is 4.79 Å². The van der Waals surface area contributed by atoms with Crippen LogP contribution in [-0.2, 0) is 4.43 Å². The van der Waals surface area contributed by atoms with Gasteiger partial charge in [0, 0.05) is 6.54 Å². The van der Waals surface area contributed by atoms with Crippen LogP contribution in [0, 0.1) is 0 Å². The van der Waals surface area contributed by atoms with Gasteiger partial charge < -0.3 is 19.5 Å². The van der Waals surface area contributed by atoms with Crippen LogP contribution in [0.1, 0.15) is 27.2 Å². The van der Waals surface area contributed by atoms with E-state index in [9.17, 15) is 15.0 Å². The standard InChI is InChI=1S/C22H29NO4Si/c1-22(2,3)28(19-10-6-4-7-11-19,20-12-8-5-9-13-20)27-18-14-17(16-24)23(15-18)21(25)26/h4-13,17-18,24H,14-16H2,1-3H3,(H,25,26)/t17-,18-/m0/s1. The number of likely N-dealkylation sites (tertiary alicyclic amines) is 1. The molecule has 2 atom stereocenters. The van der Waals surface area contributed by atoms with Gasteiger partial charge in [0.15, 0.2) is 0 Å². The monoisotopic (exact) mass is 399 g/mol. The topological polar surface area (TPSA) is 70.0 Å². The van der Waals surface area contributed by atoms with E-state index < -0.39 is 20.5 Å². The van der Waals surface area contributed by atoms with Crippen LogP contribution >= 0.6 is 0 Å². The third kappa shape index (κ3) is 3.72. The molecule has 2 N–H and O–H groups in total. The zero-order valence-electron chi connectivity index (χ0n) is 16.7. The molecule has 0 radical (unpaired) electrons. The number of amides is 1. The first-order valence-corrected chi connectivity index (χ1v) is 11.6. The Labute approximate surface area is 167 Å². The minimum absolute atomic E-state index is 0.166. The lowest BCUT2D eigenvalue weighted by Gasteiger charge is -2.44. The van der Waals surface area contributed by atoms with Gasteiger partial charge in [-0.15, -0.1) is 0 Å². The second-order valence-electron chi connectivity index (χ2n) is 8.41. The number of aliphatic hydroxyl groups excluding tert-OH is 1. The second-order valence-corrected chi connectivity index (χ2v) is 12.7. The van der Waals surface area contributed by atoms with Crippen LogP contribution in [0.15, 0.2) is 60.7 Å². The highest BCUT2D eigenvalue weighted by Crippen LogP contribution is 2.39.